The van der Waals surface area contributed by atoms with Gasteiger partial charge in [0.15, 0.2) is 11.5 Å². The van der Waals surface area contributed by atoms with Crippen molar-refractivity contribution in [2.75, 3.05) is 13.7 Å². The summed E-state index contributed by atoms with van der Waals surface area (Å²) in [7, 11) is 1.26. The van der Waals surface area contributed by atoms with Crippen LogP contribution in [0.5, 0.6) is 11.5 Å². The Balaban J connectivity index is 2.31. The Labute approximate surface area is 137 Å². The van der Waals surface area contributed by atoms with E-state index in [0.29, 0.717) is 0 Å². The average Bonchev–Trinajstić information content (AvgIpc) is 2.42. The summed E-state index contributed by atoms with van der Waals surface area (Å²) in [4.78, 5) is 11.8. The minimum Gasteiger partial charge on any atom is -0.493 e. The molecule has 1 aliphatic heterocycles. The second-order valence-corrected chi connectivity index (χ2v) is 6.18. The van der Waals surface area contributed by atoms with Gasteiger partial charge < -0.3 is 14.2 Å². The van der Waals surface area contributed by atoms with Crippen molar-refractivity contribution < 1.29 is 32.2 Å². The number of fused-ring (bicyclic) bond motifs is 1. The molecule has 0 aliphatic carbocycles. The Kier molecular flexibility index (Phi) is 4.68. The number of benzene rings is 1. The van der Waals surface area contributed by atoms with Gasteiger partial charge in [0.05, 0.1) is 18.4 Å². The molecule has 0 saturated carbocycles. The quantitative estimate of drug-likeness (QED) is 0.881. The molecule has 24 heavy (non-hydrogen) atoms. The van der Waals surface area contributed by atoms with Crippen LogP contribution in [0.15, 0.2) is 17.8 Å². The van der Waals surface area contributed by atoms with Gasteiger partial charge in [0, 0.05) is 5.56 Å². The molecular formula is C16H18F3NO4. The van der Waals surface area contributed by atoms with E-state index in [0.717, 1.165) is 12.1 Å². The van der Waals surface area contributed by atoms with E-state index >= 15 is 0 Å². The first-order chi connectivity index (χ1) is 11.0. The minimum atomic E-state index is -4.52. The Bertz CT molecular complexity index is 675. The van der Waals surface area contributed by atoms with E-state index in [1.807, 2.05) is 0 Å². The normalized spacial score (nSPS) is 14.2. The number of alkyl carbamates (subject to hydrolysis) is 1. The Morgan fingerprint density at radius 3 is 2.46 bits per heavy atom. The van der Waals surface area contributed by atoms with Gasteiger partial charge in [-0.25, -0.2) is 4.79 Å². The Morgan fingerprint density at radius 2 is 1.92 bits per heavy atom. The molecule has 0 unspecified atom stereocenters. The van der Waals surface area contributed by atoms with E-state index in [9.17, 15) is 18.0 Å². The molecule has 0 fully saturated rings. The molecule has 0 spiro atoms. The lowest BCUT2D eigenvalue weighted by atomic mass is 10.1. The first-order valence-electron chi connectivity index (χ1n) is 7.12. The molecule has 2 rings (SSSR count). The number of methoxy groups -OCH3 is 1. The number of halogens is 3. The van der Waals surface area contributed by atoms with Crippen molar-refractivity contribution in [1.29, 1.82) is 0 Å². The maximum absolute atomic E-state index is 13.0. The van der Waals surface area contributed by atoms with Gasteiger partial charge in [0.2, 0.25) is 0 Å². The van der Waals surface area contributed by atoms with Gasteiger partial charge in [-0.1, -0.05) is 0 Å². The zero-order valence-electron chi connectivity index (χ0n) is 13.7. The molecule has 1 aromatic rings. The van der Waals surface area contributed by atoms with Crippen molar-refractivity contribution in [2.45, 2.75) is 32.5 Å². The molecule has 1 aliphatic rings. The molecule has 1 N–H and O–H groups in total. The third kappa shape index (κ3) is 4.33. The highest BCUT2D eigenvalue weighted by Crippen LogP contribution is 2.41. The van der Waals surface area contributed by atoms with Crippen LogP contribution in [0.2, 0.25) is 0 Å². The number of carbonyl (C=O) groups excluding carboxylic acids is 1. The highest BCUT2D eigenvalue weighted by Gasteiger charge is 2.33. The summed E-state index contributed by atoms with van der Waals surface area (Å²) >= 11 is 0. The molecule has 0 radical (unpaired) electrons. The monoisotopic (exact) mass is 345 g/mol. The van der Waals surface area contributed by atoms with Crippen LogP contribution in [0.4, 0.5) is 18.0 Å². The largest absolute Gasteiger partial charge is 0.493 e. The standard InChI is InChI=1S/C16H18F3NO4/c1-15(2,3)24-14(21)20-11-6-9-5-10(16(17,18)19)7-12(22-4)13(9)23-8-11/h5-7H,8H2,1-4H3,(H,20,21). The van der Waals surface area contributed by atoms with Crippen molar-refractivity contribution in [3.63, 3.8) is 0 Å². The molecule has 0 bridgehead atoms. The smallest absolute Gasteiger partial charge is 0.416 e. The van der Waals surface area contributed by atoms with Crippen molar-refractivity contribution in [1.82, 2.24) is 5.32 Å². The topological polar surface area (TPSA) is 56.8 Å². The van der Waals surface area contributed by atoms with Gasteiger partial charge >= 0.3 is 12.3 Å². The van der Waals surface area contributed by atoms with Crippen LogP contribution >= 0.6 is 0 Å². The van der Waals surface area contributed by atoms with E-state index in [2.05, 4.69) is 5.32 Å². The van der Waals surface area contributed by atoms with Gasteiger partial charge in [-0.3, -0.25) is 5.32 Å². The highest BCUT2D eigenvalue weighted by atomic mass is 19.4. The number of amides is 1. The number of hydrogen-bond donors (Lipinski definition) is 1. The van der Waals surface area contributed by atoms with Crippen LogP contribution in [0.25, 0.3) is 6.08 Å². The summed E-state index contributed by atoms with van der Waals surface area (Å²) in [6.07, 6.45) is -3.83. The van der Waals surface area contributed by atoms with Crippen LogP contribution < -0.4 is 14.8 Å². The zero-order valence-corrected chi connectivity index (χ0v) is 13.7. The third-order valence-electron chi connectivity index (χ3n) is 2.99. The molecule has 1 amide bonds. The number of nitrogens with one attached hydrogen (secondary N) is 1. The molecular weight excluding hydrogens is 327 g/mol. The molecule has 0 saturated heterocycles. The van der Waals surface area contributed by atoms with Gasteiger partial charge in [0.25, 0.3) is 0 Å². The zero-order chi connectivity index (χ0) is 18.1. The molecule has 1 heterocycles. The maximum Gasteiger partial charge on any atom is 0.416 e. The van der Waals surface area contributed by atoms with Gasteiger partial charge in [-0.05, 0) is 39.0 Å². The van der Waals surface area contributed by atoms with E-state index < -0.39 is 23.4 Å². The lowest BCUT2D eigenvalue weighted by Gasteiger charge is -2.24. The van der Waals surface area contributed by atoms with Crippen molar-refractivity contribution in [3.05, 3.63) is 29.0 Å². The molecule has 5 nitrogen and oxygen atoms in total. The summed E-state index contributed by atoms with van der Waals surface area (Å²) in [6, 6.07) is 1.81. The summed E-state index contributed by atoms with van der Waals surface area (Å²) < 4.78 is 54.4. The number of carbonyl (C=O) groups is 1. The fourth-order valence-electron chi connectivity index (χ4n) is 2.09. The Morgan fingerprint density at radius 1 is 1.25 bits per heavy atom. The summed E-state index contributed by atoms with van der Waals surface area (Å²) in [5.74, 6) is 0.174. The number of rotatable bonds is 2. The van der Waals surface area contributed by atoms with Crippen LogP contribution in [0.1, 0.15) is 31.9 Å². The lowest BCUT2D eigenvalue weighted by Crippen LogP contribution is -2.34. The van der Waals surface area contributed by atoms with Crippen LogP contribution in [-0.2, 0) is 10.9 Å². The highest BCUT2D eigenvalue weighted by molar-refractivity contribution is 5.75. The van der Waals surface area contributed by atoms with Crippen LogP contribution in [0.3, 0.4) is 0 Å². The van der Waals surface area contributed by atoms with Crippen molar-refractivity contribution in [2.24, 2.45) is 0 Å². The van der Waals surface area contributed by atoms with Gasteiger partial charge in [0.1, 0.15) is 12.2 Å². The maximum atomic E-state index is 13.0. The van der Waals surface area contributed by atoms with E-state index in [1.54, 1.807) is 20.8 Å². The van der Waals surface area contributed by atoms with E-state index in [1.165, 1.54) is 13.2 Å². The number of alkyl halides is 3. The molecule has 0 aromatic heterocycles. The predicted octanol–water partition coefficient (Wildman–Crippen LogP) is 3.97. The van der Waals surface area contributed by atoms with Gasteiger partial charge in [-0.15, -0.1) is 0 Å². The summed E-state index contributed by atoms with van der Waals surface area (Å²) in [5.41, 5.74) is -1.10. The van der Waals surface area contributed by atoms with Crippen molar-refractivity contribution in [3.8, 4) is 11.5 Å². The lowest BCUT2D eigenvalue weighted by molar-refractivity contribution is -0.137. The van der Waals surface area contributed by atoms with E-state index in [-0.39, 0.29) is 29.4 Å². The minimum absolute atomic E-state index is 0.0199. The first-order valence-corrected chi connectivity index (χ1v) is 7.12. The summed E-state index contributed by atoms with van der Waals surface area (Å²) in [5, 5.41) is 2.46. The van der Waals surface area contributed by atoms with E-state index in [4.69, 9.17) is 14.2 Å². The molecule has 0 atom stereocenters. The number of ether oxygens (including phenoxy) is 3. The first kappa shape index (κ1) is 18.0. The second kappa shape index (κ2) is 6.26. The van der Waals surface area contributed by atoms with Gasteiger partial charge in [-0.2, -0.15) is 13.2 Å². The molecule has 8 heteroatoms. The fraction of sp³-hybridized carbons (Fsp3) is 0.438. The third-order valence-corrected chi connectivity index (χ3v) is 2.99. The fourth-order valence-corrected chi connectivity index (χ4v) is 2.09. The van der Waals surface area contributed by atoms with Crippen LogP contribution in [0, 0.1) is 0 Å². The SMILES string of the molecule is COc1cc(C(F)(F)F)cc2c1OCC(NC(=O)OC(C)(C)C)=C2. The summed E-state index contributed by atoms with van der Waals surface area (Å²) in [6.45, 7) is 5.09. The molecule has 1 aromatic carbocycles. The second-order valence-electron chi connectivity index (χ2n) is 6.18. The van der Waals surface area contributed by atoms with Crippen molar-refractivity contribution >= 4 is 12.2 Å². The number of hydrogen-bond acceptors (Lipinski definition) is 4. The average molecular weight is 345 g/mol. The predicted molar refractivity (Wildman–Crippen MR) is 80.8 cm³/mol. The Hall–Kier alpha value is -2.38. The van der Waals surface area contributed by atoms with Crippen LogP contribution in [-0.4, -0.2) is 25.4 Å². The molecule has 132 valence electrons.